The lowest BCUT2D eigenvalue weighted by molar-refractivity contribution is -0.384. The van der Waals surface area contributed by atoms with E-state index in [1.807, 2.05) is 25.1 Å². The Labute approximate surface area is 211 Å². The van der Waals surface area contributed by atoms with Crippen LogP contribution >= 0.6 is 0 Å². The third kappa shape index (κ3) is 5.07. The second kappa shape index (κ2) is 10.8. The predicted octanol–water partition coefficient (Wildman–Crippen LogP) is 5.49. The van der Waals surface area contributed by atoms with Crippen molar-refractivity contribution in [3.63, 3.8) is 0 Å². The van der Waals surface area contributed by atoms with E-state index in [-0.39, 0.29) is 30.0 Å². The van der Waals surface area contributed by atoms with Crippen molar-refractivity contribution in [1.29, 1.82) is 0 Å². The number of benzene rings is 3. The lowest BCUT2D eigenvalue weighted by atomic mass is 9.88. The largest absolute Gasteiger partial charge is 0.512 e. The molecule has 0 radical (unpaired) electrons. The van der Waals surface area contributed by atoms with Gasteiger partial charge in [-0.3, -0.25) is 10.1 Å². The van der Waals surface area contributed by atoms with Gasteiger partial charge in [-0.25, -0.2) is 13.3 Å². The number of non-ortho nitro benzene ring substituents is 1. The maximum absolute atomic E-state index is 14.2. The van der Waals surface area contributed by atoms with Gasteiger partial charge in [0.15, 0.2) is 0 Å². The fourth-order valence-electron chi connectivity index (χ4n) is 4.31. The number of hydrogen-bond donors (Lipinski definition) is 1. The fourth-order valence-corrected chi connectivity index (χ4v) is 5.76. The van der Waals surface area contributed by atoms with Crippen LogP contribution in [-0.2, 0) is 20.5 Å². The molecule has 1 aliphatic heterocycles. The smallest absolute Gasteiger partial charge is 0.339 e. The van der Waals surface area contributed by atoms with Gasteiger partial charge in [0.25, 0.3) is 5.69 Å². The van der Waals surface area contributed by atoms with Crippen LogP contribution in [0.2, 0.25) is 0 Å². The minimum Gasteiger partial charge on any atom is -0.512 e. The highest BCUT2D eigenvalue weighted by Gasteiger charge is 2.44. The van der Waals surface area contributed by atoms with Gasteiger partial charge in [0, 0.05) is 18.6 Å². The first-order valence-corrected chi connectivity index (χ1v) is 12.6. The van der Waals surface area contributed by atoms with Gasteiger partial charge in [0.05, 0.1) is 34.1 Å². The lowest BCUT2D eigenvalue weighted by Gasteiger charge is -2.41. The zero-order valence-electron chi connectivity index (χ0n) is 19.9. The molecule has 0 spiro atoms. The maximum Gasteiger partial charge on any atom is 0.339 e. The number of ether oxygens (including phenoxy) is 1. The highest BCUT2D eigenvalue weighted by Crippen LogP contribution is 2.47. The van der Waals surface area contributed by atoms with Gasteiger partial charge in [-0.2, -0.15) is 0 Å². The normalized spacial score (nSPS) is 19.1. The molecule has 0 fully saturated rings. The SMILES string of the molecule is CCOC(=O)C1=C(O)C[C@H](c2ccc([N+](=O)[O-])cc2)N([S@@](=O)c2ccc(C)cc2)[C@@H]1c1ccccc1. The molecule has 36 heavy (non-hydrogen) atoms. The summed E-state index contributed by atoms with van der Waals surface area (Å²) < 4.78 is 21.1. The highest BCUT2D eigenvalue weighted by molar-refractivity contribution is 7.82. The van der Waals surface area contributed by atoms with Gasteiger partial charge in [-0.05, 0) is 37.1 Å². The van der Waals surface area contributed by atoms with E-state index in [4.69, 9.17) is 4.74 Å². The Morgan fingerprint density at radius 2 is 1.69 bits per heavy atom. The highest BCUT2D eigenvalue weighted by atomic mass is 32.2. The maximum atomic E-state index is 14.2. The van der Waals surface area contributed by atoms with Gasteiger partial charge in [0.1, 0.15) is 16.7 Å². The van der Waals surface area contributed by atoms with E-state index < -0.39 is 34.0 Å². The van der Waals surface area contributed by atoms with E-state index in [0.29, 0.717) is 16.0 Å². The predicted molar refractivity (Wildman–Crippen MR) is 135 cm³/mol. The molecule has 3 aromatic rings. The summed E-state index contributed by atoms with van der Waals surface area (Å²) in [6.07, 6.45) is -0.0209. The Morgan fingerprint density at radius 3 is 2.28 bits per heavy atom. The van der Waals surface area contributed by atoms with Crippen molar-refractivity contribution in [3.05, 3.63) is 117 Å². The minimum atomic E-state index is -1.76. The quantitative estimate of drug-likeness (QED) is 0.258. The van der Waals surface area contributed by atoms with Crippen LogP contribution in [0, 0.1) is 17.0 Å². The molecule has 3 atom stereocenters. The number of carbonyl (C=O) groups excluding carboxylic acids is 1. The number of aryl methyl sites for hydroxylation is 1. The standard InChI is InChI=1S/C27H26N2O6S/c1-3-35-27(31)25-24(30)17-23(19-11-13-21(14-12-19)29(32)33)28(26(25)20-7-5-4-6-8-20)36(34)22-15-9-18(2)10-16-22/h4-16,23,26,30H,3,17H2,1-2H3/t23-,26-,36+/m1/s1. The van der Waals surface area contributed by atoms with Gasteiger partial charge in [-0.1, -0.05) is 60.2 Å². The molecular formula is C27H26N2O6S. The first kappa shape index (κ1) is 25.3. The molecule has 0 unspecified atom stereocenters. The topological polar surface area (TPSA) is 110 Å². The number of aliphatic hydroxyl groups excluding tert-OH is 1. The molecule has 0 bridgehead atoms. The number of hydrogen-bond acceptors (Lipinski definition) is 6. The van der Waals surface area contributed by atoms with Crippen molar-refractivity contribution in [2.45, 2.75) is 37.2 Å². The van der Waals surface area contributed by atoms with Gasteiger partial charge in [-0.15, -0.1) is 0 Å². The Bertz CT molecular complexity index is 1310. The first-order chi connectivity index (χ1) is 17.3. The summed E-state index contributed by atoms with van der Waals surface area (Å²) in [5.41, 5.74) is 2.23. The molecule has 1 N–H and O–H groups in total. The Balaban J connectivity index is 1.92. The summed E-state index contributed by atoms with van der Waals surface area (Å²) in [6, 6.07) is 20.7. The molecule has 0 aliphatic carbocycles. The average molecular weight is 507 g/mol. The number of nitro benzene ring substituents is 1. The van der Waals surface area contributed by atoms with Crippen LogP contribution in [0.3, 0.4) is 0 Å². The first-order valence-electron chi connectivity index (χ1n) is 11.5. The van der Waals surface area contributed by atoms with Crippen molar-refractivity contribution in [1.82, 2.24) is 4.31 Å². The van der Waals surface area contributed by atoms with E-state index in [1.165, 1.54) is 12.1 Å². The van der Waals surface area contributed by atoms with Crippen LogP contribution in [0.15, 0.2) is 95.1 Å². The number of esters is 1. The zero-order valence-corrected chi connectivity index (χ0v) is 20.7. The van der Waals surface area contributed by atoms with Crippen LogP contribution in [0.1, 0.15) is 42.1 Å². The molecule has 0 amide bonds. The molecule has 1 heterocycles. The summed E-state index contributed by atoms with van der Waals surface area (Å²) in [4.78, 5) is 24.3. The van der Waals surface area contributed by atoms with Crippen molar-refractivity contribution < 1.29 is 23.8 Å². The van der Waals surface area contributed by atoms with E-state index in [1.54, 1.807) is 59.8 Å². The van der Waals surface area contributed by atoms with Gasteiger partial charge < -0.3 is 9.84 Å². The van der Waals surface area contributed by atoms with Crippen LogP contribution in [0.25, 0.3) is 0 Å². The summed E-state index contributed by atoms with van der Waals surface area (Å²) in [7, 11) is -1.76. The molecule has 9 heteroatoms. The summed E-state index contributed by atoms with van der Waals surface area (Å²) in [6.45, 7) is 3.72. The number of rotatable bonds is 7. The third-order valence-electron chi connectivity index (χ3n) is 6.05. The summed E-state index contributed by atoms with van der Waals surface area (Å²) >= 11 is 0. The Hall–Kier alpha value is -3.82. The van der Waals surface area contributed by atoms with E-state index in [2.05, 4.69) is 0 Å². The number of aliphatic hydroxyl groups is 1. The number of nitro groups is 1. The van der Waals surface area contributed by atoms with Crippen LogP contribution in [0.4, 0.5) is 5.69 Å². The number of carbonyl (C=O) groups is 1. The molecule has 4 rings (SSSR count). The molecule has 1 aliphatic rings. The molecule has 0 saturated carbocycles. The lowest BCUT2D eigenvalue weighted by Crippen LogP contribution is -2.41. The summed E-state index contributed by atoms with van der Waals surface area (Å²) in [5.74, 6) is -0.847. The van der Waals surface area contributed by atoms with Crippen LogP contribution in [-0.4, -0.2) is 31.1 Å². The molecule has 0 saturated heterocycles. The molecule has 3 aromatic carbocycles. The van der Waals surface area contributed by atoms with Crippen molar-refractivity contribution in [2.75, 3.05) is 6.61 Å². The van der Waals surface area contributed by atoms with Gasteiger partial charge >= 0.3 is 5.97 Å². The van der Waals surface area contributed by atoms with Crippen molar-refractivity contribution >= 4 is 22.6 Å². The van der Waals surface area contributed by atoms with E-state index in [0.717, 1.165) is 5.56 Å². The third-order valence-corrected chi connectivity index (χ3v) is 7.57. The van der Waals surface area contributed by atoms with E-state index in [9.17, 15) is 24.2 Å². The molecular weight excluding hydrogens is 480 g/mol. The second-order valence-electron chi connectivity index (χ2n) is 8.38. The minimum absolute atomic E-state index is 0.0209. The second-order valence-corrected chi connectivity index (χ2v) is 9.78. The fraction of sp³-hybridized carbons (Fsp3) is 0.222. The van der Waals surface area contributed by atoms with Crippen molar-refractivity contribution in [3.8, 4) is 0 Å². The Kier molecular flexibility index (Phi) is 7.61. The van der Waals surface area contributed by atoms with Crippen LogP contribution in [0.5, 0.6) is 0 Å². The van der Waals surface area contributed by atoms with E-state index >= 15 is 0 Å². The zero-order chi connectivity index (χ0) is 25.8. The molecule has 186 valence electrons. The average Bonchev–Trinajstić information content (AvgIpc) is 2.88. The molecule has 8 nitrogen and oxygen atoms in total. The van der Waals surface area contributed by atoms with Crippen LogP contribution < -0.4 is 0 Å². The summed E-state index contributed by atoms with van der Waals surface area (Å²) in [5, 5.41) is 22.3. The number of nitrogens with zero attached hydrogens (tertiary/aromatic N) is 2. The molecule has 0 aromatic heterocycles. The van der Waals surface area contributed by atoms with Gasteiger partial charge in [0.2, 0.25) is 0 Å². The van der Waals surface area contributed by atoms with Crippen molar-refractivity contribution in [2.24, 2.45) is 0 Å². The Morgan fingerprint density at radius 1 is 1.06 bits per heavy atom. The monoisotopic (exact) mass is 506 g/mol.